The number of ether oxygens (including phenoxy) is 1. The molecule has 3 amide bonds. The number of carboxylic acids is 1. The summed E-state index contributed by atoms with van der Waals surface area (Å²) in [5, 5.41) is 11.1. The number of amides is 3. The van der Waals surface area contributed by atoms with Gasteiger partial charge in [0.25, 0.3) is 5.91 Å². The summed E-state index contributed by atoms with van der Waals surface area (Å²) in [4.78, 5) is 35.5. The number of methoxy groups -OCH3 is 1. The summed E-state index contributed by atoms with van der Waals surface area (Å²) in [5.41, 5.74) is 0.393. The molecule has 1 saturated heterocycles. The minimum atomic E-state index is -1.01. The van der Waals surface area contributed by atoms with Crippen molar-refractivity contribution in [1.29, 1.82) is 0 Å². The molecule has 1 aromatic rings. The molecule has 2 N–H and O–H groups in total. The molecule has 1 fully saturated rings. The van der Waals surface area contributed by atoms with Crippen molar-refractivity contribution >= 4 is 23.6 Å². The standard InChI is InChI=1S/C13H14N2O5/c1-20-9-4-2-3-8(7-9)15-12(18)10(14-13(15)19)5-6-11(16)17/h2-4,7,10H,5-6H2,1H3,(H,14,19)(H,16,17)/t10-/m0/s1. The van der Waals surface area contributed by atoms with Crippen molar-refractivity contribution < 1.29 is 24.2 Å². The Bertz CT molecular complexity index is 557. The van der Waals surface area contributed by atoms with E-state index in [1.54, 1.807) is 24.3 Å². The van der Waals surface area contributed by atoms with Crippen molar-refractivity contribution in [2.24, 2.45) is 0 Å². The number of hydrogen-bond acceptors (Lipinski definition) is 4. The highest BCUT2D eigenvalue weighted by Crippen LogP contribution is 2.25. The molecule has 1 aliphatic rings. The van der Waals surface area contributed by atoms with Crippen molar-refractivity contribution in [2.45, 2.75) is 18.9 Å². The Kier molecular flexibility index (Phi) is 3.88. The molecular weight excluding hydrogens is 264 g/mol. The molecule has 7 heteroatoms. The lowest BCUT2D eigenvalue weighted by Gasteiger charge is -2.13. The number of hydrogen-bond donors (Lipinski definition) is 2. The molecule has 0 bridgehead atoms. The fraction of sp³-hybridized carbons (Fsp3) is 0.308. The fourth-order valence-corrected chi connectivity index (χ4v) is 1.99. The second-order valence-electron chi connectivity index (χ2n) is 4.31. The zero-order valence-electron chi connectivity index (χ0n) is 10.8. The fourth-order valence-electron chi connectivity index (χ4n) is 1.99. The number of carbonyl (C=O) groups is 3. The first-order valence-corrected chi connectivity index (χ1v) is 6.03. The summed E-state index contributed by atoms with van der Waals surface area (Å²) in [7, 11) is 1.49. The highest BCUT2D eigenvalue weighted by Gasteiger charge is 2.39. The van der Waals surface area contributed by atoms with Crippen LogP contribution in [0.1, 0.15) is 12.8 Å². The maximum Gasteiger partial charge on any atom is 0.329 e. The molecule has 0 aromatic heterocycles. The number of imide groups is 1. The number of anilines is 1. The highest BCUT2D eigenvalue weighted by molar-refractivity contribution is 6.21. The third-order valence-electron chi connectivity index (χ3n) is 2.98. The summed E-state index contributed by atoms with van der Waals surface area (Å²) in [6, 6.07) is 5.18. The highest BCUT2D eigenvalue weighted by atomic mass is 16.5. The predicted octanol–water partition coefficient (Wildman–Crippen LogP) is 0.985. The van der Waals surface area contributed by atoms with E-state index < -0.39 is 23.9 Å². The first-order chi connectivity index (χ1) is 9.52. The Morgan fingerprint density at radius 3 is 2.85 bits per heavy atom. The van der Waals surface area contributed by atoms with Gasteiger partial charge in [0.05, 0.1) is 12.8 Å². The SMILES string of the molecule is COc1cccc(N2C(=O)N[C@@H](CCC(=O)O)C2=O)c1. The molecule has 1 atom stereocenters. The van der Waals surface area contributed by atoms with E-state index in [-0.39, 0.29) is 12.8 Å². The molecule has 0 spiro atoms. The van der Waals surface area contributed by atoms with Gasteiger partial charge in [0.2, 0.25) is 0 Å². The Morgan fingerprint density at radius 2 is 2.20 bits per heavy atom. The number of aliphatic carboxylic acids is 1. The zero-order chi connectivity index (χ0) is 14.7. The Labute approximate surface area is 115 Å². The summed E-state index contributed by atoms with van der Waals surface area (Å²) in [6.45, 7) is 0. The molecule has 20 heavy (non-hydrogen) atoms. The zero-order valence-corrected chi connectivity index (χ0v) is 10.8. The minimum absolute atomic E-state index is 0.0698. The van der Waals surface area contributed by atoms with Crippen LogP contribution in [-0.2, 0) is 9.59 Å². The molecule has 7 nitrogen and oxygen atoms in total. The molecule has 2 rings (SSSR count). The molecule has 0 unspecified atom stereocenters. The van der Waals surface area contributed by atoms with Gasteiger partial charge in [-0.3, -0.25) is 9.59 Å². The number of benzene rings is 1. The third kappa shape index (κ3) is 2.71. The summed E-state index contributed by atoms with van der Waals surface area (Å²) in [6.07, 6.45) is -0.108. The van der Waals surface area contributed by atoms with Gasteiger partial charge in [0.15, 0.2) is 0 Å². The van der Waals surface area contributed by atoms with E-state index in [2.05, 4.69) is 5.32 Å². The molecule has 1 heterocycles. The van der Waals surface area contributed by atoms with Crippen LogP contribution in [0.4, 0.5) is 10.5 Å². The number of carbonyl (C=O) groups excluding carboxylic acids is 2. The van der Waals surface area contributed by atoms with Gasteiger partial charge in [-0.1, -0.05) is 6.07 Å². The number of urea groups is 1. The van der Waals surface area contributed by atoms with Gasteiger partial charge in [-0.15, -0.1) is 0 Å². The van der Waals surface area contributed by atoms with E-state index in [0.29, 0.717) is 11.4 Å². The summed E-state index contributed by atoms with van der Waals surface area (Å²) >= 11 is 0. The molecule has 1 aromatic carbocycles. The van der Waals surface area contributed by atoms with Gasteiger partial charge in [0, 0.05) is 12.5 Å². The van der Waals surface area contributed by atoms with Gasteiger partial charge in [0.1, 0.15) is 11.8 Å². The quantitative estimate of drug-likeness (QED) is 0.783. The van der Waals surface area contributed by atoms with Crippen molar-refractivity contribution in [3.05, 3.63) is 24.3 Å². The maximum atomic E-state index is 12.1. The molecule has 1 aliphatic heterocycles. The molecule has 0 radical (unpaired) electrons. The van der Waals surface area contributed by atoms with Crippen LogP contribution >= 0.6 is 0 Å². The van der Waals surface area contributed by atoms with Crippen LogP contribution in [0.15, 0.2) is 24.3 Å². The second-order valence-corrected chi connectivity index (χ2v) is 4.31. The minimum Gasteiger partial charge on any atom is -0.497 e. The Morgan fingerprint density at radius 1 is 1.45 bits per heavy atom. The molecular formula is C13H14N2O5. The van der Waals surface area contributed by atoms with Gasteiger partial charge >= 0.3 is 12.0 Å². The normalized spacial score (nSPS) is 18.1. The Balaban J connectivity index is 2.17. The van der Waals surface area contributed by atoms with E-state index in [0.717, 1.165) is 4.90 Å². The van der Waals surface area contributed by atoms with Gasteiger partial charge in [-0.05, 0) is 18.6 Å². The van der Waals surface area contributed by atoms with Crippen LogP contribution < -0.4 is 15.0 Å². The van der Waals surface area contributed by atoms with E-state index in [9.17, 15) is 14.4 Å². The van der Waals surface area contributed by atoms with Gasteiger partial charge in [-0.2, -0.15) is 0 Å². The predicted molar refractivity (Wildman–Crippen MR) is 69.7 cm³/mol. The lowest BCUT2D eigenvalue weighted by molar-refractivity contribution is -0.137. The monoisotopic (exact) mass is 278 g/mol. The van der Waals surface area contributed by atoms with Crippen LogP contribution in [0.25, 0.3) is 0 Å². The number of rotatable bonds is 5. The summed E-state index contributed by atoms with van der Waals surface area (Å²) < 4.78 is 5.04. The maximum absolute atomic E-state index is 12.1. The van der Waals surface area contributed by atoms with Crippen molar-refractivity contribution in [1.82, 2.24) is 5.32 Å². The van der Waals surface area contributed by atoms with Crippen molar-refractivity contribution in [3.8, 4) is 5.75 Å². The molecule has 0 saturated carbocycles. The van der Waals surface area contributed by atoms with Crippen LogP contribution in [0.5, 0.6) is 5.75 Å². The van der Waals surface area contributed by atoms with Crippen LogP contribution in [0, 0.1) is 0 Å². The van der Waals surface area contributed by atoms with E-state index >= 15 is 0 Å². The number of nitrogens with zero attached hydrogens (tertiary/aromatic N) is 1. The van der Waals surface area contributed by atoms with Gasteiger partial charge < -0.3 is 15.2 Å². The first kappa shape index (κ1) is 13.9. The van der Waals surface area contributed by atoms with Gasteiger partial charge in [-0.25, -0.2) is 9.69 Å². The number of carboxylic acid groups (broad SMARTS) is 1. The smallest absolute Gasteiger partial charge is 0.329 e. The van der Waals surface area contributed by atoms with Crippen LogP contribution in [0.3, 0.4) is 0 Å². The molecule has 106 valence electrons. The summed E-state index contributed by atoms with van der Waals surface area (Å²) in [5.74, 6) is -0.937. The van der Waals surface area contributed by atoms with E-state index in [4.69, 9.17) is 9.84 Å². The van der Waals surface area contributed by atoms with Crippen LogP contribution in [0.2, 0.25) is 0 Å². The third-order valence-corrected chi connectivity index (χ3v) is 2.98. The Hall–Kier alpha value is -2.57. The second kappa shape index (κ2) is 5.60. The lowest BCUT2D eigenvalue weighted by atomic mass is 10.1. The van der Waals surface area contributed by atoms with Crippen molar-refractivity contribution in [3.63, 3.8) is 0 Å². The average Bonchev–Trinajstić information content (AvgIpc) is 2.71. The molecule has 0 aliphatic carbocycles. The lowest BCUT2D eigenvalue weighted by Crippen LogP contribution is -2.31. The van der Waals surface area contributed by atoms with Crippen molar-refractivity contribution in [2.75, 3.05) is 12.0 Å². The van der Waals surface area contributed by atoms with Crippen LogP contribution in [-0.4, -0.2) is 36.2 Å². The average molecular weight is 278 g/mol. The number of nitrogens with one attached hydrogen (secondary N) is 1. The van der Waals surface area contributed by atoms with E-state index in [1.165, 1.54) is 7.11 Å². The topological polar surface area (TPSA) is 95.9 Å². The first-order valence-electron chi connectivity index (χ1n) is 6.03. The van der Waals surface area contributed by atoms with E-state index in [1.807, 2.05) is 0 Å². The largest absolute Gasteiger partial charge is 0.497 e.